The first-order chi connectivity index (χ1) is 8.31. The molecule has 0 saturated heterocycles. The molecule has 1 aromatic heterocycles. The molecule has 0 radical (unpaired) electrons. The number of nitrogens with zero attached hydrogens (tertiary/aromatic N) is 1. The van der Waals surface area contributed by atoms with Crippen molar-refractivity contribution in [2.75, 3.05) is 6.61 Å². The molecular weight excluding hydrogens is 214 g/mol. The summed E-state index contributed by atoms with van der Waals surface area (Å²) in [7, 11) is 0. The number of hydrogen-bond acceptors (Lipinski definition) is 3. The maximum Gasteiger partial charge on any atom is 0.127 e. The molecule has 0 aliphatic carbocycles. The third-order valence-corrected chi connectivity index (χ3v) is 2.53. The van der Waals surface area contributed by atoms with E-state index in [-0.39, 0.29) is 6.04 Å². The van der Waals surface area contributed by atoms with Crippen molar-refractivity contribution in [2.45, 2.75) is 19.4 Å². The number of rotatable bonds is 5. The number of nitrogens with two attached hydrogens (primary N) is 1. The number of ether oxygens (including phenoxy) is 1. The summed E-state index contributed by atoms with van der Waals surface area (Å²) in [5, 5.41) is 0. The smallest absolute Gasteiger partial charge is 0.127 e. The van der Waals surface area contributed by atoms with Gasteiger partial charge in [-0.05, 0) is 24.1 Å². The third kappa shape index (κ3) is 2.85. The lowest BCUT2D eigenvalue weighted by Gasteiger charge is -2.10. The van der Waals surface area contributed by atoms with Gasteiger partial charge in [0.05, 0.1) is 12.6 Å². The Balaban J connectivity index is 2.07. The summed E-state index contributed by atoms with van der Waals surface area (Å²) in [4.78, 5) is 7.17. The zero-order valence-corrected chi connectivity index (χ0v) is 9.89. The molecule has 0 fully saturated rings. The Bertz CT molecular complexity index is 436. The standard InChI is InChI=1S/C13H17N3O/c1-2-9-17-11-5-3-10(4-6-11)12(14)13-15-7-8-16-13/h3-8,12H,2,9,14H2,1H3,(H,15,16). The van der Waals surface area contributed by atoms with Crippen LogP contribution in [0, 0.1) is 0 Å². The molecule has 1 aromatic carbocycles. The Kier molecular flexibility index (Phi) is 3.77. The number of H-pyrrole nitrogens is 1. The Morgan fingerprint density at radius 1 is 1.35 bits per heavy atom. The first-order valence-corrected chi connectivity index (χ1v) is 5.79. The van der Waals surface area contributed by atoms with Gasteiger partial charge in [-0.2, -0.15) is 0 Å². The molecular formula is C13H17N3O. The quantitative estimate of drug-likeness (QED) is 0.829. The van der Waals surface area contributed by atoms with E-state index in [1.165, 1.54) is 0 Å². The fraction of sp³-hybridized carbons (Fsp3) is 0.308. The largest absolute Gasteiger partial charge is 0.494 e. The molecule has 90 valence electrons. The van der Waals surface area contributed by atoms with Crippen LogP contribution in [0.5, 0.6) is 5.75 Å². The molecule has 1 unspecified atom stereocenters. The van der Waals surface area contributed by atoms with Gasteiger partial charge in [-0.25, -0.2) is 4.98 Å². The molecule has 0 amide bonds. The number of imidazole rings is 1. The summed E-state index contributed by atoms with van der Waals surface area (Å²) in [6.07, 6.45) is 4.48. The third-order valence-electron chi connectivity index (χ3n) is 2.53. The van der Waals surface area contributed by atoms with Crippen molar-refractivity contribution in [2.24, 2.45) is 5.73 Å². The zero-order valence-electron chi connectivity index (χ0n) is 9.89. The van der Waals surface area contributed by atoms with Crippen molar-refractivity contribution >= 4 is 0 Å². The van der Waals surface area contributed by atoms with Crippen molar-refractivity contribution in [3.05, 3.63) is 48.0 Å². The number of hydrogen-bond donors (Lipinski definition) is 2. The molecule has 0 aliphatic rings. The highest BCUT2D eigenvalue weighted by atomic mass is 16.5. The van der Waals surface area contributed by atoms with Gasteiger partial charge < -0.3 is 15.5 Å². The lowest BCUT2D eigenvalue weighted by molar-refractivity contribution is 0.317. The summed E-state index contributed by atoms with van der Waals surface area (Å²) in [5.41, 5.74) is 7.09. The van der Waals surface area contributed by atoms with Gasteiger partial charge in [-0.1, -0.05) is 19.1 Å². The van der Waals surface area contributed by atoms with Gasteiger partial charge in [-0.3, -0.25) is 0 Å². The topological polar surface area (TPSA) is 63.9 Å². The van der Waals surface area contributed by atoms with Crippen LogP contribution in [0.1, 0.15) is 30.8 Å². The van der Waals surface area contributed by atoms with Crippen LogP contribution in [0.15, 0.2) is 36.7 Å². The van der Waals surface area contributed by atoms with E-state index in [1.807, 2.05) is 24.3 Å². The van der Waals surface area contributed by atoms with Crippen LogP contribution < -0.4 is 10.5 Å². The Morgan fingerprint density at radius 2 is 2.12 bits per heavy atom. The molecule has 0 bridgehead atoms. The molecule has 1 atom stereocenters. The molecule has 3 N–H and O–H groups in total. The molecule has 4 nitrogen and oxygen atoms in total. The highest BCUT2D eigenvalue weighted by molar-refractivity contribution is 5.31. The lowest BCUT2D eigenvalue weighted by atomic mass is 10.1. The molecule has 1 heterocycles. The van der Waals surface area contributed by atoms with Gasteiger partial charge in [0.15, 0.2) is 0 Å². The highest BCUT2D eigenvalue weighted by Crippen LogP contribution is 2.19. The van der Waals surface area contributed by atoms with Crippen LogP contribution in [-0.2, 0) is 0 Å². The zero-order chi connectivity index (χ0) is 12.1. The van der Waals surface area contributed by atoms with Gasteiger partial charge in [-0.15, -0.1) is 0 Å². The van der Waals surface area contributed by atoms with Crippen LogP contribution in [-0.4, -0.2) is 16.6 Å². The van der Waals surface area contributed by atoms with Crippen molar-refractivity contribution in [1.82, 2.24) is 9.97 Å². The van der Waals surface area contributed by atoms with E-state index in [2.05, 4.69) is 16.9 Å². The van der Waals surface area contributed by atoms with Crippen molar-refractivity contribution < 1.29 is 4.74 Å². The maximum atomic E-state index is 6.08. The predicted molar refractivity (Wildman–Crippen MR) is 66.8 cm³/mol. The van der Waals surface area contributed by atoms with Crippen LogP contribution in [0.3, 0.4) is 0 Å². The van der Waals surface area contributed by atoms with Gasteiger partial charge >= 0.3 is 0 Å². The molecule has 0 aliphatic heterocycles. The van der Waals surface area contributed by atoms with Crippen molar-refractivity contribution in [3.63, 3.8) is 0 Å². The first-order valence-electron chi connectivity index (χ1n) is 5.79. The summed E-state index contributed by atoms with van der Waals surface area (Å²) < 4.78 is 5.52. The van der Waals surface area contributed by atoms with Crippen molar-refractivity contribution in [3.8, 4) is 5.75 Å². The lowest BCUT2D eigenvalue weighted by Crippen LogP contribution is -2.13. The molecule has 4 heteroatoms. The number of aromatic amines is 1. The first kappa shape index (κ1) is 11.7. The summed E-state index contributed by atoms with van der Waals surface area (Å²) >= 11 is 0. The van der Waals surface area contributed by atoms with Crippen molar-refractivity contribution in [1.29, 1.82) is 0 Å². The molecule has 0 spiro atoms. The van der Waals surface area contributed by atoms with E-state index < -0.39 is 0 Å². The fourth-order valence-corrected chi connectivity index (χ4v) is 1.60. The summed E-state index contributed by atoms with van der Waals surface area (Å²) in [6, 6.07) is 7.60. The number of aromatic nitrogens is 2. The van der Waals surface area contributed by atoms with E-state index >= 15 is 0 Å². The fourth-order valence-electron chi connectivity index (χ4n) is 1.60. The SMILES string of the molecule is CCCOc1ccc(C(N)c2ncc[nH]2)cc1. The van der Waals surface area contributed by atoms with E-state index in [4.69, 9.17) is 10.5 Å². The Hall–Kier alpha value is -1.81. The highest BCUT2D eigenvalue weighted by Gasteiger charge is 2.10. The average molecular weight is 231 g/mol. The second-order valence-electron chi connectivity index (χ2n) is 3.87. The molecule has 17 heavy (non-hydrogen) atoms. The summed E-state index contributed by atoms with van der Waals surface area (Å²) in [6.45, 7) is 2.82. The Morgan fingerprint density at radius 3 is 2.71 bits per heavy atom. The number of nitrogens with one attached hydrogen (secondary N) is 1. The van der Waals surface area contributed by atoms with E-state index in [9.17, 15) is 0 Å². The average Bonchev–Trinajstić information content (AvgIpc) is 2.90. The predicted octanol–water partition coefficient (Wildman–Crippen LogP) is 2.25. The number of benzene rings is 1. The summed E-state index contributed by atoms with van der Waals surface area (Å²) in [5.74, 6) is 1.65. The van der Waals surface area contributed by atoms with E-state index in [1.54, 1.807) is 12.4 Å². The molecule has 2 rings (SSSR count). The minimum absolute atomic E-state index is 0.217. The van der Waals surface area contributed by atoms with E-state index in [0.717, 1.165) is 30.2 Å². The second kappa shape index (κ2) is 5.50. The van der Waals surface area contributed by atoms with Crippen LogP contribution in [0.4, 0.5) is 0 Å². The molecule has 0 saturated carbocycles. The second-order valence-corrected chi connectivity index (χ2v) is 3.87. The van der Waals surface area contributed by atoms with Gasteiger partial charge in [0.1, 0.15) is 11.6 Å². The molecule has 2 aromatic rings. The van der Waals surface area contributed by atoms with Crippen LogP contribution in [0.2, 0.25) is 0 Å². The minimum atomic E-state index is -0.217. The minimum Gasteiger partial charge on any atom is -0.494 e. The van der Waals surface area contributed by atoms with Crippen LogP contribution in [0.25, 0.3) is 0 Å². The Labute approximate surface area is 101 Å². The van der Waals surface area contributed by atoms with E-state index in [0.29, 0.717) is 0 Å². The monoisotopic (exact) mass is 231 g/mol. The maximum absolute atomic E-state index is 6.08. The van der Waals surface area contributed by atoms with Crippen LogP contribution >= 0.6 is 0 Å². The van der Waals surface area contributed by atoms with Gasteiger partial charge in [0, 0.05) is 12.4 Å². The van der Waals surface area contributed by atoms with Gasteiger partial charge in [0.25, 0.3) is 0 Å². The normalized spacial score (nSPS) is 12.4. The van der Waals surface area contributed by atoms with Gasteiger partial charge in [0.2, 0.25) is 0 Å².